The van der Waals surface area contributed by atoms with Crippen LogP contribution in [-0.4, -0.2) is 57.1 Å². The average Bonchev–Trinajstić information content (AvgIpc) is 3.37. The van der Waals surface area contributed by atoms with Crippen LogP contribution in [0.5, 0.6) is 0 Å². The maximum atomic E-state index is 13.0. The molecule has 8 heteroatoms. The number of nitrogens with zero attached hydrogens (tertiary/aromatic N) is 5. The largest absolute Gasteiger partial charge is 0.364 e. The fourth-order valence-corrected chi connectivity index (χ4v) is 5.36. The van der Waals surface area contributed by atoms with Crippen molar-refractivity contribution in [3.8, 4) is 11.3 Å². The smallest absolute Gasteiger partial charge is 0.254 e. The molecule has 2 aromatic heterocycles. The second-order valence-electron chi connectivity index (χ2n) is 10.2. The summed E-state index contributed by atoms with van der Waals surface area (Å²) in [5.74, 6) is 1.02. The van der Waals surface area contributed by atoms with Crippen LogP contribution in [0, 0.1) is 13.8 Å². The van der Waals surface area contributed by atoms with Crippen molar-refractivity contribution in [3.05, 3.63) is 65.2 Å². The van der Waals surface area contributed by atoms with E-state index in [2.05, 4.69) is 62.2 Å². The van der Waals surface area contributed by atoms with E-state index in [1.807, 2.05) is 40.6 Å². The molecule has 7 nitrogen and oxygen atoms in total. The highest BCUT2D eigenvalue weighted by atomic mass is 32.1. The van der Waals surface area contributed by atoms with Gasteiger partial charge < -0.3 is 15.1 Å². The molecular formula is C27H32N6OS. The molecule has 2 aromatic carbocycles. The molecule has 5 rings (SSSR count). The van der Waals surface area contributed by atoms with Gasteiger partial charge in [-0.15, -0.1) is 5.10 Å². The second kappa shape index (κ2) is 9.00. The number of aryl methyl sites for hydroxylation is 2. The molecule has 1 aliphatic heterocycles. The third-order valence-electron chi connectivity index (χ3n) is 6.19. The first kappa shape index (κ1) is 23.4. The third kappa shape index (κ3) is 4.75. The summed E-state index contributed by atoms with van der Waals surface area (Å²) in [6.07, 6.45) is 0. The summed E-state index contributed by atoms with van der Waals surface area (Å²) >= 11 is 1.60. The lowest BCUT2D eigenvalue weighted by molar-refractivity contribution is 0.0746. The zero-order valence-electron chi connectivity index (χ0n) is 21.0. The maximum absolute atomic E-state index is 13.0. The molecule has 0 spiro atoms. The predicted molar refractivity (Wildman–Crippen MR) is 144 cm³/mol. The molecule has 0 bridgehead atoms. The molecule has 1 amide bonds. The van der Waals surface area contributed by atoms with Gasteiger partial charge in [0.1, 0.15) is 5.69 Å². The molecule has 182 valence electrons. The van der Waals surface area contributed by atoms with E-state index in [0.717, 1.165) is 51.4 Å². The number of imidazole rings is 1. The number of rotatable bonds is 4. The molecule has 1 N–H and O–H groups in total. The Morgan fingerprint density at radius 3 is 2.43 bits per heavy atom. The minimum Gasteiger partial charge on any atom is -0.364 e. The van der Waals surface area contributed by atoms with Crippen molar-refractivity contribution in [2.45, 2.75) is 40.2 Å². The molecule has 0 radical (unpaired) electrons. The summed E-state index contributed by atoms with van der Waals surface area (Å²) in [5, 5.41) is 9.52. The number of hydrogen-bond acceptors (Lipinski definition) is 6. The van der Waals surface area contributed by atoms with Crippen molar-refractivity contribution in [1.29, 1.82) is 0 Å². The zero-order valence-corrected chi connectivity index (χ0v) is 21.8. The summed E-state index contributed by atoms with van der Waals surface area (Å²) in [4.78, 5) is 23.1. The number of piperazine rings is 1. The van der Waals surface area contributed by atoms with Gasteiger partial charge in [0, 0.05) is 42.8 Å². The first-order chi connectivity index (χ1) is 16.7. The van der Waals surface area contributed by atoms with Crippen LogP contribution in [0.15, 0.2) is 48.5 Å². The fourth-order valence-electron chi connectivity index (χ4n) is 4.41. The van der Waals surface area contributed by atoms with Gasteiger partial charge in [-0.2, -0.15) is 4.52 Å². The van der Waals surface area contributed by atoms with Gasteiger partial charge in [0.25, 0.3) is 5.91 Å². The first-order valence-electron chi connectivity index (χ1n) is 12.0. The molecule has 1 aliphatic rings. The number of hydrogen-bond donors (Lipinski definition) is 1. The maximum Gasteiger partial charge on any atom is 0.254 e. The highest BCUT2D eigenvalue weighted by molar-refractivity contribution is 7.20. The number of fused-ring (bicyclic) bond motifs is 1. The number of nitrogens with one attached hydrogen (secondary N) is 1. The minimum atomic E-state index is -0.139. The topological polar surface area (TPSA) is 65.8 Å². The molecule has 35 heavy (non-hydrogen) atoms. The van der Waals surface area contributed by atoms with Crippen LogP contribution in [0.2, 0.25) is 0 Å². The van der Waals surface area contributed by atoms with Crippen molar-refractivity contribution >= 4 is 33.2 Å². The Labute approximate surface area is 210 Å². The first-order valence-corrected chi connectivity index (χ1v) is 12.9. The third-order valence-corrected chi connectivity index (χ3v) is 7.16. The molecule has 1 fully saturated rings. The van der Waals surface area contributed by atoms with E-state index < -0.39 is 0 Å². The van der Waals surface area contributed by atoms with Gasteiger partial charge in [-0.1, -0.05) is 53.3 Å². The fraction of sp³-hybridized carbons (Fsp3) is 0.370. The van der Waals surface area contributed by atoms with Crippen molar-refractivity contribution < 1.29 is 4.79 Å². The Balaban J connectivity index is 1.39. The number of benzene rings is 2. The van der Waals surface area contributed by atoms with Crippen molar-refractivity contribution in [2.24, 2.45) is 0 Å². The second-order valence-corrected chi connectivity index (χ2v) is 11.2. The molecule has 0 atom stereocenters. The van der Waals surface area contributed by atoms with Crippen LogP contribution < -0.4 is 10.2 Å². The van der Waals surface area contributed by atoms with Crippen LogP contribution >= 0.6 is 11.3 Å². The monoisotopic (exact) mass is 488 g/mol. The van der Waals surface area contributed by atoms with Gasteiger partial charge in [-0.05, 0) is 52.3 Å². The van der Waals surface area contributed by atoms with Crippen molar-refractivity contribution in [3.63, 3.8) is 0 Å². The molecule has 3 heterocycles. The predicted octanol–water partition coefficient (Wildman–Crippen LogP) is 5.25. The summed E-state index contributed by atoms with van der Waals surface area (Å²) in [5.41, 5.74) is 4.87. The zero-order chi connectivity index (χ0) is 24.7. The molecule has 0 aliphatic carbocycles. The van der Waals surface area contributed by atoms with E-state index in [1.165, 1.54) is 5.56 Å². The molecule has 4 aromatic rings. The van der Waals surface area contributed by atoms with Gasteiger partial charge in [0.15, 0.2) is 5.82 Å². The Morgan fingerprint density at radius 2 is 1.74 bits per heavy atom. The van der Waals surface area contributed by atoms with Gasteiger partial charge in [-0.25, -0.2) is 4.98 Å². The van der Waals surface area contributed by atoms with Gasteiger partial charge in [0.2, 0.25) is 10.1 Å². The van der Waals surface area contributed by atoms with Gasteiger partial charge in [0.05, 0.1) is 0 Å². The number of carbonyl (C=O) groups excluding carboxylic acids is 1. The highest BCUT2D eigenvalue weighted by Gasteiger charge is 2.27. The molecular weight excluding hydrogens is 456 g/mol. The quantitative estimate of drug-likeness (QED) is 0.425. The van der Waals surface area contributed by atoms with Crippen LogP contribution in [-0.2, 0) is 0 Å². The van der Waals surface area contributed by atoms with Crippen molar-refractivity contribution in [1.82, 2.24) is 19.5 Å². The highest BCUT2D eigenvalue weighted by Crippen LogP contribution is 2.35. The summed E-state index contributed by atoms with van der Waals surface area (Å²) < 4.78 is 1.94. The standard InChI is InChI=1S/C27H32N6OS/c1-18-9-8-11-20(17-18)22-23(29-27(3,4)5)33-25(28-22)35-26(30-33)32-15-13-31(14-16-32)24(34)21-12-7-6-10-19(21)2/h6-12,17,29H,13-16H2,1-5H3. The van der Waals surface area contributed by atoms with Crippen LogP contribution in [0.1, 0.15) is 42.3 Å². The van der Waals surface area contributed by atoms with Gasteiger partial charge >= 0.3 is 0 Å². The average molecular weight is 489 g/mol. The summed E-state index contributed by atoms with van der Waals surface area (Å²) in [7, 11) is 0. The van der Waals surface area contributed by atoms with E-state index in [-0.39, 0.29) is 11.4 Å². The van der Waals surface area contributed by atoms with E-state index in [0.29, 0.717) is 13.1 Å². The Bertz CT molecular complexity index is 1370. The lowest BCUT2D eigenvalue weighted by Crippen LogP contribution is -2.49. The van der Waals surface area contributed by atoms with E-state index in [1.54, 1.807) is 11.3 Å². The summed E-state index contributed by atoms with van der Waals surface area (Å²) in [6.45, 7) is 13.4. The minimum absolute atomic E-state index is 0.108. The van der Waals surface area contributed by atoms with Crippen molar-refractivity contribution in [2.75, 3.05) is 36.4 Å². The molecule has 1 saturated heterocycles. The number of aromatic nitrogens is 3. The summed E-state index contributed by atoms with van der Waals surface area (Å²) in [6, 6.07) is 16.2. The van der Waals surface area contributed by atoms with Crippen LogP contribution in [0.25, 0.3) is 16.2 Å². The Hall–Kier alpha value is -3.39. The van der Waals surface area contributed by atoms with E-state index in [9.17, 15) is 4.79 Å². The number of carbonyl (C=O) groups is 1. The number of anilines is 2. The van der Waals surface area contributed by atoms with E-state index in [4.69, 9.17) is 10.1 Å². The van der Waals surface area contributed by atoms with Crippen LogP contribution in [0.4, 0.5) is 10.9 Å². The van der Waals surface area contributed by atoms with E-state index >= 15 is 0 Å². The Morgan fingerprint density at radius 1 is 1.00 bits per heavy atom. The lowest BCUT2D eigenvalue weighted by Gasteiger charge is -2.34. The van der Waals surface area contributed by atoms with Gasteiger partial charge in [-0.3, -0.25) is 4.79 Å². The molecule has 0 unspecified atom stereocenters. The Kier molecular flexibility index (Phi) is 6.01. The SMILES string of the molecule is Cc1cccc(-c2nc3sc(N4CCN(C(=O)c5ccccc5C)CC4)nn3c2NC(C)(C)C)c1. The van der Waals surface area contributed by atoms with Crippen LogP contribution in [0.3, 0.4) is 0 Å². The molecule has 0 saturated carbocycles. The normalized spacial score (nSPS) is 14.5. The lowest BCUT2D eigenvalue weighted by atomic mass is 10.1. The number of amides is 1.